The Kier molecular flexibility index (Phi) is 4.25. The van der Waals surface area contributed by atoms with Gasteiger partial charge in [0, 0.05) is 24.3 Å². The van der Waals surface area contributed by atoms with Crippen molar-refractivity contribution in [1.29, 1.82) is 0 Å². The molecule has 1 amide bonds. The second-order valence-electron chi connectivity index (χ2n) is 7.24. The SMILES string of the molecule is O=C(Nc1cccc(OCC2CCCO2)c1)C1CC2CCC1C2. The highest BCUT2D eigenvalue weighted by molar-refractivity contribution is 5.93. The summed E-state index contributed by atoms with van der Waals surface area (Å²) in [6.07, 6.45) is 7.28. The van der Waals surface area contributed by atoms with Crippen molar-refractivity contribution in [3.05, 3.63) is 24.3 Å². The summed E-state index contributed by atoms with van der Waals surface area (Å²) < 4.78 is 11.4. The van der Waals surface area contributed by atoms with Crippen LogP contribution in [0.1, 0.15) is 38.5 Å². The predicted molar refractivity (Wildman–Crippen MR) is 88.5 cm³/mol. The first-order valence-electron chi connectivity index (χ1n) is 8.93. The molecule has 2 aliphatic carbocycles. The normalized spacial score (nSPS) is 32.2. The molecule has 1 heterocycles. The van der Waals surface area contributed by atoms with Crippen molar-refractivity contribution in [2.45, 2.75) is 44.6 Å². The van der Waals surface area contributed by atoms with Gasteiger partial charge in [0.2, 0.25) is 5.91 Å². The number of hydrogen-bond donors (Lipinski definition) is 1. The van der Waals surface area contributed by atoms with E-state index in [1.54, 1.807) is 0 Å². The van der Waals surface area contributed by atoms with E-state index in [-0.39, 0.29) is 17.9 Å². The second-order valence-corrected chi connectivity index (χ2v) is 7.24. The van der Waals surface area contributed by atoms with Crippen molar-refractivity contribution in [3.8, 4) is 5.75 Å². The molecule has 3 aliphatic rings. The van der Waals surface area contributed by atoms with Crippen LogP contribution in [0, 0.1) is 17.8 Å². The van der Waals surface area contributed by atoms with Crippen LogP contribution in [0.15, 0.2) is 24.3 Å². The zero-order valence-electron chi connectivity index (χ0n) is 13.5. The minimum Gasteiger partial charge on any atom is -0.491 e. The molecule has 4 rings (SSSR count). The Morgan fingerprint density at radius 1 is 1.26 bits per heavy atom. The average molecular weight is 315 g/mol. The number of rotatable bonds is 5. The van der Waals surface area contributed by atoms with E-state index in [1.165, 1.54) is 19.3 Å². The minimum atomic E-state index is 0.188. The van der Waals surface area contributed by atoms with E-state index in [2.05, 4.69) is 5.32 Å². The summed E-state index contributed by atoms with van der Waals surface area (Å²) in [5, 5.41) is 3.09. The topological polar surface area (TPSA) is 47.6 Å². The summed E-state index contributed by atoms with van der Waals surface area (Å²) >= 11 is 0. The van der Waals surface area contributed by atoms with Gasteiger partial charge in [0.15, 0.2) is 0 Å². The van der Waals surface area contributed by atoms with Gasteiger partial charge in [0.1, 0.15) is 12.4 Å². The number of nitrogens with one attached hydrogen (secondary N) is 1. The maximum absolute atomic E-state index is 12.5. The number of carbonyl (C=O) groups excluding carboxylic acids is 1. The van der Waals surface area contributed by atoms with Crippen LogP contribution in [-0.4, -0.2) is 25.2 Å². The average Bonchev–Trinajstić information content (AvgIpc) is 3.31. The maximum Gasteiger partial charge on any atom is 0.227 e. The lowest BCUT2D eigenvalue weighted by Crippen LogP contribution is -2.27. The summed E-state index contributed by atoms with van der Waals surface area (Å²) in [6, 6.07) is 7.72. The van der Waals surface area contributed by atoms with Crippen LogP contribution in [0.3, 0.4) is 0 Å². The molecule has 0 radical (unpaired) electrons. The molecule has 1 saturated heterocycles. The van der Waals surface area contributed by atoms with Crippen molar-refractivity contribution in [2.75, 3.05) is 18.5 Å². The third-order valence-electron chi connectivity index (χ3n) is 5.64. The summed E-state index contributed by atoms with van der Waals surface area (Å²) in [5.74, 6) is 2.60. The summed E-state index contributed by atoms with van der Waals surface area (Å²) in [4.78, 5) is 12.5. The summed E-state index contributed by atoms with van der Waals surface area (Å²) in [6.45, 7) is 1.43. The Bertz CT molecular complexity index is 567. The molecule has 4 nitrogen and oxygen atoms in total. The molecular weight excluding hydrogens is 290 g/mol. The fourth-order valence-electron chi connectivity index (χ4n) is 4.43. The number of carbonyl (C=O) groups is 1. The fraction of sp³-hybridized carbons (Fsp3) is 0.632. The van der Waals surface area contributed by atoms with E-state index in [1.807, 2.05) is 24.3 Å². The third kappa shape index (κ3) is 3.37. The number of anilines is 1. The van der Waals surface area contributed by atoms with E-state index in [4.69, 9.17) is 9.47 Å². The smallest absolute Gasteiger partial charge is 0.227 e. The molecule has 4 unspecified atom stereocenters. The zero-order chi connectivity index (χ0) is 15.6. The van der Waals surface area contributed by atoms with E-state index < -0.39 is 0 Å². The van der Waals surface area contributed by atoms with Crippen LogP contribution in [-0.2, 0) is 9.53 Å². The van der Waals surface area contributed by atoms with Crippen molar-refractivity contribution in [2.24, 2.45) is 17.8 Å². The van der Waals surface area contributed by atoms with E-state index in [0.29, 0.717) is 12.5 Å². The molecule has 2 saturated carbocycles. The highest BCUT2D eigenvalue weighted by Crippen LogP contribution is 2.48. The third-order valence-corrected chi connectivity index (χ3v) is 5.64. The molecule has 4 atom stereocenters. The highest BCUT2D eigenvalue weighted by atomic mass is 16.5. The van der Waals surface area contributed by atoms with Gasteiger partial charge >= 0.3 is 0 Å². The van der Waals surface area contributed by atoms with E-state index in [0.717, 1.165) is 43.2 Å². The maximum atomic E-state index is 12.5. The van der Waals surface area contributed by atoms with Gasteiger partial charge in [-0.1, -0.05) is 12.5 Å². The van der Waals surface area contributed by atoms with Crippen molar-refractivity contribution in [1.82, 2.24) is 0 Å². The monoisotopic (exact) mass is 315 g/mol. The quantitative estimate of drug-likeness (QED) is 0.903. The minimum absolute atomic E-state index is 0.188. The van der Waals surface area contributed by atoms with Gasteiger partial charge in [0.05, 0.1) is 6.10 Å². The fourth-order valence-corrected chi connectivity index (χ4v) is 4.43. The number of benzene rings is 1. The number of fused-ring (bicyclic) bond motifs is 2. The van der Waals surface area contributed by atoms with Crippen LogP contribution < -0.4 is 10.1 Å². The largest absolute Gasteiger partial charge is 0.491 e. The number of ether oxygens (including phenoxy) is 2. The predicted octanol–water partition coefficient (Wildman–Crippen LogP) is 3.62. The molecule has 0 spiro atoms. The van der Waals surface area contributed by atoms with Crippen LogP contribution in [0.25, 0.3) is 0 Å². The van der Waals surface area contributed by atoms with Gasteiger partial charge < -0.3 is 14.8 Å². The van der Waals surface area contributed by atoms with Crippen molar-refractivity contribution < 1.29 is 14.3 Å². The molecular formula is C19H25NO3. The van der Waals surface area contributed by atoms with Crippen LogP contribution in [0.2, 0.25) is 0 Å². The Labute approximate surface area is 137 Å². The van der Waals surface area contributed by atoms with Crippen molar-refractivity contribution >= 4 is 11.6 Å². The van der Waals surface area contributed by atoms with Gasteiger partial charge in [0.25, 0.3) is 0 Å². The van der Waals surface area contributed by atoms with Gasteiger partial charge in [-0.05, 0) is 56.1 Å². The molecule has 1 aliphatic heterocycles. The molecule has 1 aromatic carbocycles. The molecule has 1 aromatic rings. The lowest BCUT2D eigenvalue weighted by Gasteiger charge is -2.21. The molecule has 2 bridgehead atoms. The lowest BCUT2D eigenvalue weighted by molar-refractivity contribution is -0.121. The number of hydrogen-bond acceptors (Lipinski definition) is 3. The van der Waals surface area contributed by atoms with Crippen LogP contribution in [0.4, 0.5) is 5.69 Å². The number of amides is 1. The molecule has 0 aromatic heterocycles. The van der Waals surface area contributed by atoms with Gasteiger partial charge in [-0.15, -0.1) is 0 Å². The standard InChI is InChI=1S/C19H25NO3/c21-19(18-10-13-6-7-14(18)9-13)20-15-3-1-4-16(11-15)23-12-17-5-2-8-22-17/h1,3-4,11,13-14,17-18H,2,5-10,12H2,(H,20,21). The summed E-state index contributed by atoms with van der Waals surface area (Å²) in [5.41, 5.74) is 0.836. The molecule has 3 fully saturated rings. The van der Waals surface area contributed by atoms with Gasteiger partial charge in [-0.3, -0.25) is 4.79 Å². The zero-order valence-corrected chi connectivity index (χ0v) is 13.5. The Morgan fingerprint density at radius 3 is 2.96 bits per heavy atom. The summed E-state index contributed by atoms with van der Waals surface area (Å²) in [7, 11) is 0. The van der Waals surface area contributed by atoms with Crippen molar-refractivity contribution in [3.63, 3.8) is 0 Å². The molecule has 124 valence electrons. The first-order valence-corrected chi connectivity index (χ1v) is 8.93. The highest BCUT2D eigenvalue weighted by Gasteiger charge is 2.43. The molecule has 4 heteroatoms. The Morgan fingerprint density at radius 2 is 2.22 bits per heavy atom. The van der Waals surface area contributed by atoms with E-state index >= 15 is 0 Å². The Balaban J connectivity index is 1.33. The van der Waals surface area contributed by atoms with E-state index in [9.17, 15) is 4.79 Å². The van der Waals surface area contributed by atoms with Gasteiger partial charge in [-0.2, -0.15) is 0 Å². The molecule has 1 N–H and O–H groups in total. The molecule has 23 heavy (non-hydrogen) atoms. The van der Waals surface area contributed by atoms with Gasteiger partial charge in [-0.25, -0.2) is 0 Å². The van der Waals surface area contributed by atoms with Crippen LogP contribution in [0.5, 0.6) is 5.75 Å². The second kappa shape index (κ2) is 6.52. The Hall–Kier alpha value is -1.55. The first-order chi connectivity index (χ1) is 11.3. The van der Waals surface area contributed by atoms with Crippen LogP contribution >= 0.6 is 0 Å². The lowest BCUT2D eigenvalue weighted by atomic mass is 9.88. The first kappa shape index (κ1) is 15.0.